The maximum absolute atomic E-state index is 12.2. The third kappa shape index (κ3) is 6.65. The number of nitrogens with one attached hydrogen (secondary N) is 1. The number of anilines is 1. The van der Waals surface area contributed by atoms with E-state index in [4.69, 9.17) is 22.1 Å². The molecule has 0 saturated carbocycles. The fourth-order valence-corrected chi connectivity index (χ4v) is 3.52. The number of carbonyl (C=O) groups is 1. The Kier molecular flexibility index (Phi) is 9.03. The molecule has 0 aliphatic carbocycles. The van der Waals surface area contributed by atoms with Crippen LogP contribution in [-0.2, 0) is 10.8 Å². The molecule has 0 saturated heterocycles. The molecular weight excluding hydrogens is 420 g/mol. The Labute approximate surface area is 198 Å². The highest BCUT2D eigenvalue weighted by atomic mass is 35.5. The second-order valence-corrected chi connectivity index (χ2v) is 10.1. The zero-order valence-corrected chi connectivity index (χ0v) is 21.2. The van der Waals surface area contributed by atoms with E-state index in [2.05, 4.69) is 65.1 Å². The number of carbonyl (C=O) groups excluding carboxylic acids is 1. The molecule has 2 aromatic carbocycles. The van der Waals surface area contributed by atoms with Crippen LogP contribution in [0.3, 0.4) is 0 Å². The maximum atomic E-state index is 12.2. The van der Waals surface area contributed by atoms with Gasteiger partial charge in [-0.1, -0.05) is 65.3 Å². The molecule has 5 heteroatoms. The van der Waals surface area contributed by atoms with Crippen LogP contribution in [0.15, 0.2) is 36.4 Å². The van der Waals surface area contributed by atoms with E-state index < -0.39 is 0 Å². The molecule has 3 N–H and O–H groups in total. The van der Waals surface area contributed by atoms with Crippen LogP contribution in [0.5, 0.6) is 5.75 Å². The Bertz CT molecular complexity index is 922. The van der Waals surface area contributed by atoms with Crippen LogP contribution in [0.2, 0.25) is 5.02 Å². The predicted molar refractivity (Wildman–Crippen MR) is 136 cm³/mol. The van der Waals surface area contributed by atoms with Gasteiger partial charge < -0.3 is 15.8 Å². The SMILES string of the molecule is CCC(C)(C)c1ccc(OCCCCNC(=O)c2ccc(Cl)c(N)c2)c(C(C)(C)CC)c1. The highest BCUT2D eigenvalue weighted by Crippen LogP contribution is 2.38. The van der Waals surface area contributed by atoms with Crippen molar-refractivity contribution in [2.24, 2.45) is 0 Å². The van der Waals surface area contributed by atoms with E-state index in [1.807, 2.05) is 0 Å². The highest BCUT2D eigenvalue weighted by Gasteiger charge is 2.26. The molecule has 0 radical (unpaired) electrons. The van der Waals surface area contributed by atoms with Gasteiger partial charge in [0, 0.05) is 17.7 Å². The molecule has 0 unspecified atom stereocenters. The minimum atomic E-state index is -0.143. The summed E-state index contributed by atoms with van der Waals surface area (Å²) in [7, 11) is 0. The quantitative estimate of drug-likeness (QED) is 0.284. The summed E-state index contributed by atoms with van der Waals surface area (Å²) in [6.45, 7) is 14.8. The summed E-state index contributed by atoms with van der Waals surface area (Å²) >= 11 is 5.91. The smallest absolute Gasteiger partial charge is 0.251 e. The summed E-state index contributed by atoms with van der Waals surface area (Å²) < 4.78 is 6.20. The van der Waals surface area contributed by atoms with Gasteiger partial charge in [0.15, 0.2) is 0 Å². The van der Waals surface area contributed by atoms with E-state index in [1.54, 1.807) is 18.2 Å². The van der Waals surface area contributed by atoms with Crippen LogP contribution >= 0.6 is 11.6 Å². The van der Waals surface area contributed by atoms with E-state index >= 15 is 0 Å². The van der Waals surface area contributed by atoms with Gasteiger partial charge >= 0.3 is 0 Å². The van der Waals surface area contributed by atoms with Crippen molar-refractivity contribution in [3.63, 3.8) is 0 Å². The Balaban J connectivity index is 1.91. The Morgan fingerprint density at radius 3 is 2.31 bits per heavy atom. The lowest BCUT2D eigenvalue weighted by Gasteiger charge is -2.30. The number of hydrogen-bond donors (Lipinski definition) is 2. The van der Waals surface area contributed by atoms with Crippen molar-refractivity contribution in [3.05, 3.63) is 58.1 Å². The molecule has 0 atom stereocenters. The van der Waals surface area contributed by atoms with Crippen molar-refractivity contribution in [1.82, 2.24) is 5.32 Å². The van der Waals surface area contributed by atoms with E-state index in [9.17, 15) is 4.79 Å². The molecule has 0 spiro atoms. The topological polar surface area (TPSA) is 64.3 Å². The third-order valence-electron chi connectivity index (χ3n) is 6.63. The van der Waals surface area contributed by atoms with Gasteiger partial charge in [-0.25, -0.2) is 0 Å². The van der Waals surface area contributed by atoms with Gasteiger partial charge in [-0.05, 0) is 66.3 Å². The van der Waals surface area contributed by atoms with Crippen LogP contribution < -0.4 is 15.8 Å². The number of hydrogen-bond acceptors (Lipinski definition) is 3. The first kappa shape index (κ1) is 26.1. The largest absolute Gasteiger partial charge is 0.493 e. The second-order valence-electron chi connectivity index (χ2n) is 9.73. The first-order valence-corrected chi connectivity index (χ1v) is 12.0. The number of nitrogen functional groups attached to an aromatic ring is 1. The first-order chi connectivity index (χ1) is 15.0. The van der Waals surface area contributed by atoms with Crippen molar-refractivity contribution in [2.75, 3.05) is 18.9 Å². The zero-order chi connectivity index (χ0) is 23.9. The lowest BCUT2D eigenvalue weighted by molar-refractivity contribution is 0.0952. The molecular formula is C27H39ClN2O2. The van der Waals surface area contributed by atoms with Crippen LogP contribution in [0.1, 0.15) is 88.7 Å². The fraction of sp³-hybridized carbons (Fsp3) is 0.519. The molecule has 0 aliphatic rings. The number of halogens is 1. The van der Waals surface area contributed by atoms with E-state index in [0.717, 1.165) is 31.4 Å². The van der Waals surface area contributed by atoms with Crippen LogP contribution in [0, 0.1) is 0 Å². The number of ether oxygens (including phenoxy) is 1. The van der Waals surface area contributed by atoms with Crippen molar-refractivity contribution < 1.29 is 9.53 Å². The normalized spacial score (nSPS) is 12.0. The highest BCUT2D eigenvalue weighted by molar-refractivity contribution is 6.33. The molecule has 4 nitrogen and oxygen atoms in total. The van der Waals surface area contributed by atoms with Gasteiger partial charge in [0.25, 0.3) is 5.91 Å². The average Bonchev–Trinajstić information content (AvgIpc) is 2.77. The summed E-state index contributed by atoms with van der Waals surface area (Å²) in [6.07, 6.45) is 3.83. The fourth-order valence-electron chi connectivity index (χ4n) is 3.40. The lowest BCUT2D eigenvalue weighted by atomic mass is 9.76. The molecule has 2 aromatic rings. The van der Waals surface area contributed by atoms with Crippen molar-refractivity contribution >= 4 is 23.2 Å². The lowest BCUT2D eigenvalue weighted by Crippen LogP contribution is -2.25. The summed E-state index contributed by atoms with van der Waals surface area (Å²) in [6, 6.07) is 11.6. The van der Waals surface area contributed by atoms with Gasteiger partial charge in [0.1, 0.15) is 5.75 Å². The average molecular weight is 459 g/mol. The molecule has 0 bridgehead atoms. The van der Waals surface area contributed by atoms with Crippen LogP contribution in [0.4, 0.5) is 5.69 Å². The number of benzene rings is 2. The van der Waals surface area contributed by atoms with Crippen LogP contribution in [0.25, 0.3) is 0 Å². The molecule has 2 rings (SSSR count). The summed E-state index contributed by atoms with van der Waals surface area (Å²) in [5, 5.41) is 3.38. The number of rotatable bonds is 11. The van der Waals surface area contributed by atoms with Crippen molar-refractivity contribution in [2.45, 2.75) is 78.1 Å². The first-order valence-electron chi connectivity index (χ1n) is 11.6. The molecule has 0 fully saturated rings. The summed E-state index contributed by atoms with van der Waals surface area (Å²) in [5.41, 5.74) is 9.52. The molecule has 0 aromatic heterocycles. The van der Waals surface area contributed by atoms with Gasteiger partial charge in [-0.15, -0.1) is 0 Å². The van der Waals surface area contributed by atoms with Gasteiger partial charge in [0.2, 0.25) is 0 Å². The third-order valence-corrected chi connectivity index (χ3v) is 6.97. The molecule has 32 heavy (non-hydrogen) atoms. The number of unbranched alkanes of at least 4 members (excludes halogenated alkanes) is 1. The zero-order valence-electron chi connectivity index (χ0n) is 20.5. The Hall–Kier alpha value is -2.20. The molecule has 0 heterocycles. The Morgan fingerprint density at radius 1 is 1.00 bits per heavy atom. The van der Waals surface area contributed by atoms with E-state index in [0.29, 0.717) is 29.4 Å². The van der Waals surface area contributed by atoms with Crippen molar-refractivity contribution in [3.8, 4) is 5.75 Å². The molecule has 1 amide bonds. The van der Waals surface area contributed by atoms with Gasteiger partial charge in [0.05, 0.1) is 17.3 Å². The monoisotopic (exact) mass is 458 g/mol. The number of amides is 1. The van der Waals surface area contributed by atoms with Crippen LogP contribution in [-0.4, -0.2) is 19.1 Å². The summed E-state index contributed by atoms with van der Waals surface area (Å²) in [4.78, 5) is 12.2. The maximum Gasteiger partial charge on any atom is 0.251 e. The second kappa shape index (κ2) is 11.1. The van der Waals surface area contributed by atoms with Gasteiger partial charge in [-0.3, -0.25) is 4.79 Å². The molecule has 0 aliphatic heterocycles. The predicted octanol–water partition coefficient (Wildman–Crippen LogP) is 6.89. The summed E-state index contributed by atoms with van der Waals surface area (Å²) in [5.74, 6) is 0.823. The Morgan fingerprint density at radius 2 is 1.69 bits per heavy atom. The minimum Gasteiger partial charge on any atom is -0.493 e. The van der Waals surface area contributed by atoms with Crippen molar-refractivity contribution in [1.29, 1.82) is 0 Å². The minimum absolute atomic E-state index is 0.0452. The van der Waals surface area contributed by atoms with Gasteiger partial charge in [-0.2, -0.15) is 0 Å². The van der Waals surface area contributed by atoms with E-state index in [1.165, 1.54) is 11.1 Å². The standard InChI is InChI=1S/C27H39ClN2O2/c1-7-26(3,4)20-12-14-24(21(18-20)27(5,6)8-2)32-16-10-9-15-30-25(31)19-11-13-22(28)23(29)17-19/h11-14,17-18H,7-10,15-16,29H2,1-6H3,(H,30,31). The van der Waals surface area contributed by atoms with E-state index in [-0.39, 0.29) is 16.7 Å². The molecule has 176 valence electrons. The number of nitrogens with two attached hydrogens (primary N) is 1.